The summed E-state index contributed by atoms with van der Waals surface area (Å²) in [5, 5.41) is 17.5. The third-order valence-electron chi connectivity index (χ3n) is 6.89. The number of nitrogens with zero attached hydrogens (tertiary/aromatic N) is 7. The van der Waals surface area contributed by atoms with Crippen molar-refractivity contribution in [3.05, 3.63) is 47.3 Å². The molecule has 0 spiro atoms. The number of piperidine rings is 1. The highest BCUT2D eigenvalue weighted by molar-refractivity contribution is 6.01. The van der Waals surface area contributed by atoms with E-state index < -0.39 is 6.10 Å². The minimum atomic E-state index is -1.03. The van der Waals surface area contributed by atoms with E-state index in [9.17, 15) is 14.7 Å². The molecule has 0 aliphatic carbocycles. The van der Waals surface area contributed by atoms with Crippen LogP contribution in [0.15, 0.2) is 41.6 Å². The molecule has 5 aromatic rings. The number of carbonyl (C=O) groups is 1. The first kappa shape index (κ1) is 21.4. The smallest absolute Gasteiger partial charge is 0.329 e. The van der Waals surface area contributed by atoms with E-state index in [-0.39, 0.29) is 17.6 Å². The number of aryl methyl sites for hydroxylation is 1. The van der Waals surface area contributed by atoms with Crippen LogP contribution in [-0.2, 0) is 11.8 Å². The number of amides is 1. The summed E-state index contributed by atoms with van der Waals surface area (Å²) in [5.74, 6) is -0.280. The van der Waals surface area contributed by atoms with Crippen LogP contribution in [0.2, 0.25) is 0 Å². The van der Waals surface area contributed by atoms with Crippen molar-refractivity contribution in [1.29, 1.82) is 0 Å². The molecule has 5 aromatic heterocycles. The minimum Gasteiger partial charge on any atom is -0.384 e. The zero-order valence-electron chi connectivity index (χ0n) is 19.3. The topological polar surface area (TPSA) is 135 Å². The number of carbonyl (C=O) groups excluding carboxylic acids is 1. The molecule has 0 unspecified atom stereocenters. The number of aliphatic hydroxyl groups is 1. The normalized spacial score (nSPS) is 15.9. The van der Waals surface area contributed by atoms with Gasteiger partial charge in [0, 0.05) is 43.3 Å². The van der Waals surface area contributed by atoms with Gasteiger partial charge in [0.05, 0.1) is 34.6 Å². The molecular weight excluding hydrogens is 448 g/mol. The van der Waals surface area contributed by atoms with E-state index in [4.69, 9.17) is 4.98 Å². The quantitative estimate of drug-likeness (QED) is 0.409. The van der Waals surface area contributed by atoms with Crippen LogP contribution in [0, 0.1) is 0 Å². The van der Waals surface area contributed by atoms with Crippen LogP contribution in [-0.4, -0.2) is 69.4 Å². The predicted octanol–water partition coefficient (Wildman–Crippen LogP) is 1.77. The number of likely N-dealkylation sites (tertiary alicyclic amines) is 1. The maximum atomic E-state index is 13.4. The Morgan fingerprint density at radius 3 is 2.74 bits per heavy atom. The number of aromatic amines is 1. The van der Waals surface area contributed by atoms with Gasteiger partial charge in [0.2, 0.25) is 0 Å². The highest BCUT2D eigenvalue weighted by atomic mass is 16.3. The van der Waals surface area contributed by atoms with Crippen LogP contribution in [0.3, 0.4) is 0 Å². The molecule has 6 rings (SSSR count). The number of hydrogen-bond donors (Lipinski definition) is 2. The van der Waals surface area contributed by atoms with Crippen molar-refractivity contribution in [2.75, 3.05) is 13.1 Å². The summed E-state index contributed by atoms with van der Waals surface area (Å²) >= 11 is 0. The van der Waals surface area contributed by atoms with Gasteiger partial charge in [0.25, 0.3) is 5.91 Å². The maximum absolute atomic E-state index is 13.4. The summed E-state index contributed by atoms with van der Waals surface area (Å²) in [6, 6.07) is 5.62. The van der Waals surface area contributed by atoms with Crippen LogP contribution in [0.25, 0.3) is 44.4 Å². The Labute approximate surface area is 199 Å². The maximum Gasteiger partial charge on any atom is 0.329 e. The third kappa shape index (κ3) is 3.30. The predicted molar refractivity (Wildman–Crippen MR) is 130 cm³/mol. The van der Waals surface area contributed by atoms with Crippen LogP contribution >= 0.6 is 0 Å². The van der Waals surface area contributed by atoms with Crippen LogP contribution in [0.4, 0.5) is 0 Å². The van der Waals surface area contributed by atoms with Crippen molar-refractivity contribution in [2.24, 2.45) is 7.05 Å². The summed E-state index contributed by atoms with van der Waals surface area (Å²) in [5.41, 5.74) is 4.95. The Balaban J connectivity index is 1.50. The fourth-order valence-corrected chi connectivity index (χ4v) is 5.06. The first-order chi connectivity index (χ1) is 16.9. The molecule has 1 amide bonds. The summed E-state index contributed by atoms with van der Waals surface area (Å²) in [6.45, 7) is 2.44. The summed E-state index contributed by atoms with van der Waals surface area (Å²) < 4.78 is 3.41. The number of pyridine rings is 3. The van der Waals surface area contributed by atoms with Gasteiger partial charge >= 0.3 is 5.69 Å². The van der Waals surface area contributed by atoms with Gasteiger partial charge in [-0.2, -0.15) is 5.10 Å². The molecule has 35 heavy (non-hydrogen) atoms. The third-order valence-corrected chi connectivity index (χ3v) is 6.89. The summed E-state index contributed by atoms with van der Waals surface area (Å²) in [7, 11) is 1.74. The summed E-state index contributed by atoms with van der Waals surface area (Å²) in [4.78, 5) is 41.1. The van der Waals surface area contributed by atoms with Crippen LogP contribution in [0.1, 0.15) is 25.8 Å². The molecule has 0 radical (unpaired) electrons. The second kappa shape index (κ2) is 7.98. The van der Waals surface area contributed by atoms with E-state index in [1.165, 1.54) is 6.92 Å². The van der Waals surface area contributed by atoms with Crippen molar-refractivity contribution >= 4 is 39.0 Å². The standard InChI is InChI=1S/C24H24N8O3/c1-13(33)23(34)31-9-6-14(7-10-31)32-21-19(30(2)24(32)35)12-26-18-4-3-17(28-20(18)21)15-5-8-25-22-16(15)11-27-29-22/h3-5,8,11-14,33H,6-7,9-10H2,1-2H3,(H,25,27,29)/t13-/m0/s1. The lowest BCUT2D eigenvalue weighted by atomic mass is 10.0. The number of aromatic nitrogens is 7. The molecule has 1 atom stereocenters. The molecule has 0 aromatic carbocycles. The monoisotopic (exact) mass is 472 g/mol. The lowest BCUT2D eigenvalue weighted by Crippen LogP contribution is -2.44. The van der Waals surface area contributed by atoms with Crippen molar-refractivity contribution < 1.29 is 9.90 Å². The van der Waals surface area contributed by atoms with Crippen LogP contribution < -0.4 is 5.69 Å². The Morgan fingerprint density at radius 1 is 1.17 bits per heavy atom. The zero-order valence-corrected chi connectivity index (χ0v) is 19.3. The lowest BCUT2D eigenvalue weighted by molar-refractivity contribution is -0.140. The molecule has 11 nitrogen and oxygen atoms in total. The fraction of sp³-hybridized carbons (Fsp3) is 0.333. The zero-order chi connectivity index (χ0) is 24.3. The molecule has 1 fully saturated rings. The van der Waals surface area contributed by atoms with Crippen molar-refractivity contribution in [1.82, 2.24) is 39.2 Å². The molecule has 1 aliphatic heterocycles. The fourth-order valence-electron chi connectivity index (χ4n) is 5.06. The average Bonchev–Trinajstić information content (AvgIpc) is 3.46. The van der Waals surface area contributed by atoms with Gasteiger partial charge in [0.15, 0.2) is 5.65 Å². The molecule has 178 valence electrons. The Hall–Kier alpha value is -4.12. The Morgan fingerprint density at radius 2 is 1.97 bits per heavy atom. The van der Waals surface area contributed by atoms with Gasteiger partial charge in [-0.15, -0.1) is 0 Å². The Kier molecular flexibility index (Phi) is 4.88. The van der Waals surface area contributed by atoms with Gasteiger partial charge in [-0.05, 0) is 38.0 Å². The van der Waals surface area contributed by atoms with E-state index in [1.54, 1.807) is 39.7 Å². The van der Waals surface area contributed by atoms with Crippen LogP contribution in [0.5, 0.6) is 0 Å². The first-order valence-corrected chi connectivity index (χ1v) is 11.6. The van der Waals surface area contributed by atoms with Gasteiger partial charge in [-0.25, -0.2) is 14.8 Å². The number of fused-ring (bicyclic) bond motifs is 4. The molecule has 6 heterocycles. The molecule has 11 heteroatoms. The van der Waals surface area contributed by atoms with Gasteiger partial charge in [0.1, 0.15) is 11.6 Å². The number of hydrogen-bond acceptors (Lipinski definition) is 7. The number of nitrogens with one attached hydrogen (secondary N) is 1. The van der Waals surface area contributed by atoms with Gasteiger partial charge < -0.3 is 10.0 Å². The van der Waals surface area contributed by atoms with E-state index >= 15 is 0 Å². The number of rotatable bonds is 3. The van der Waals surface area contributed by atoms with E-state index in [0.29, 0.717) is 48.1 Å². The number of aliphatic hydroxyl groups excluding tert-OH is 1. The average molecular weight is 473 g/mol. The minimum absolute atomic E-state index is 0.0955. The molecule has 0 bridgehead atoms. The second-order valence-electron chi connectivity index (χ2n) is 8.99. The first-order valence-electron chi connectivity index (χ1n) is 11.6. The molecule has 1 aliphatic rings. The van der Waals surface area contributed by atoms with Crippen molar-refractivity contribution in [2.45, 2.75) is 31.9 Å². The Bertz CT molecular complexity index is 1660. The van der Waals surface area contributed by atoms with Crippen molar-refractivity contribution in [3.8, 4) is 11.3 Å². The summed E-state index contributed by atoms with van der Waals surface area (Å²) in [6.07, 6.45) is 5.34. The number of imidazole rings is 1. The van der Waals surface area contributed by atoms with Gasteiger partial charge in [-0.1, -0.05) is 0 Å². The van der Waals surface area contributed by atoms with Gasteiger partial charge in [-0.3, -0.25) is 24.0 Å². The van der Waals surface area contributed by atoms with Crippen molar-refractivity contribution in [3.63, 3.8) is 0 Å². The van der Waals surface area contributed by atoms with E-state index in [2.05, 4.69) is 20.2 Å². The van der Waals surface area contributed by atoms with E-state index in [1.807, 2.05) is 18.2 Å². The lowest BCUT2D eigenvalue weighted by Gasteiger charge is -2.33. The largest absolute Gasteiger partial charge is 0.384 e. The molecule has 0 saturated carbocycles. The molecule has 2 N–H and O–H groups in total. The van der Waals surface area contributed by atoms with E-state index in [0.717, 1.165) is 22.2 Å². The SMILES string of the molecule is C[C@H](O)C(=O)N1CCC(n2c(=O)n(C)c3cnc4ccc(-c5ccnc6[nH]ncc56)nc4c32)CC1. The highest BCUT2D eigenvalue weighted by Gasteiger charge is 2.29. The molecule has 1 saturated heterocycles. The molecular formula is C24H24N8O3. The second-order valence-corrected chi connectivity index (χ2v) is 8.99. The number of H-pyrrole nitrogens is 1. The highest BCUT2D eigenvalue weighted by Crippen LogP contribution is 2.31.